The monoisotopic (exact) mass is 587 g/mol. The third-order valence-corrected chi connectivity index (χ3v) is 6.10. The average molecular weight is 588 g/mol. The molecule has 5 atom stereocenters. The second-order valence-electron chi connectivity index (χ2n) is 12.6. The number of amides is 3. The molecule has 1 heterocycles. The lowest BCUT2D eigenvalue weighted by molar-refractivity contribution is -0.153. The van der Waals surface area contributed by atoms with Crippen molar-refractivity contribution >= 4 is 29.8 Å². The number of nitrogens with zero attached hydrogens (tertiary/aromatic N) is 1. The fourth-order valence-corrected chi connectivity index (χ4v) is 4.49. The van der Waals surface area contributed by atoms with E-state index < -0.39 is 71.4 Å². The molecule has 1 aliphatic rings. The van der Waals surface area contributed by atoms with Crippen LogP contribution >= 0.6 is 0 Å². The molecule has 0 radical (unpaired) electrons. The Kier molecular flexibility index (Phi) is 13.5. The first-order valence-electron chi connectivity index (χ1n) is 13.9. The minimum atomic E-state index is -1.61. The standard InChI is InChI=1S/C28H49N3O10/c1-16(2)13-19(22(33)25(36)39-10)29-23(34)20-14-17(40-27(3,4)5)15-31(20)24(35)18(11-12-21(32)38-9)30-26(37)41-28(6,7)8/h16-20,22,33H,11-15H2,1-10H3,(H,29,34)(H,30,37)/t17-,18+,19+,20+,22?/m1/s1. The van der Waals surface area contributed by atoms with Crippen LogP contribution in [0.15, 0.2) is 0 Å². The molecule has 0 bridgehead atoms. The summed E-state index contributed by atoms with van der Waals surface area (Å²) < 4.78 is 20.8. The second-order valence-corrected chi connectivity index (χ2v) is 12.6. The highest BCUT2D eigenvalue weighted by Crippen LogP contribution is 2.27. The summed E-state index contributed by atoms with van der Waals surface area (Å²) in [4.78, 5) is 65.3. The summed E-state index contributed by atoms with van der Waals surface area (Å²) >= 11 is 0. The van der Waals surface area contributed by atoms with E-state index >= 15 is 0 Å². The molecular weight excluding hydrogens is 538 g/mol. The number of ether oxygens (including phenoxy) is 4. The van der Waals surface area contributed by atoms with E-state index in [0.717, 1.165) is 7.11 Å². The minimum absolute atomic E-state index is 0.0126. The zero-order valence-corrected chi connectivity index (χ0v) is 26.1. The van der Waals surface area contributed by atoms with E-state index in [9.17, 15) is 29.1 Å². The molecule has 0 spiro atoms. The van der Waals surface area contributed by atoms with Gasteiger partial charge in [0.15, 0.2) is 6.10 Å². The maximum absolute atomic E-state index is 13.9. The van der Waals surface area contributed by atoms with E-state index in [4.69, 9.17) is 14.2 Å². The number of carbonyl (C=O) groups excluding carboxylic acids is 5. The number of esters is 2. The molecule has 1 rings (SSSR count). The highest BCUT2D eigenvalue weighted by Gasteiger charge is 2.45. The summed E-state index contributed by atoms with van der Waals surface area (Å²) in [6, 6.07) is -3.22. The number of carbonyl (C=O) groups is 5. The number of hydrogen-bond donors (Lipinski definition) is 3. The molecule has 3 amide bonds. The van der Waals surface area contributed by atoms with Gasteiger partial charge in [-0.1, -0.05) is 13.8 Å². The first kappa shape index (κ1) is 36.1. The van der Waals surface area contributed by atoms with Gasteiger partial charge < -0.3 is 39.6 Å². The van der Waals surface area contributed by atoms with Crippen molar-refractivity contribution in [3.63, 3.8) is 0 Å². The molecule has 0 aromatic rings. The lowest BCUT2D eigenvalue weighted by Crippen LogP contribution is -2.57. The van der Waals surface area contributed by atoms with Crippen molar-refractivity contribution < 1.29 is 48.0 Å². The van der Waals surface area contributed by atoms with Crippen molar-refractivity contribution in [1.29, 1.82) is 0 Å². The number of hydrogen-bond acceptors (Lipinski definition) is 10. The van der Waals surface area contributed by atoms with Crippen LogP contribution in [-0.4, -0.2) is 102 Å². The summed E-state index contributed by atoms with van der Waals surface area (Å²) in [6.07, 6.45) is -2.86. The molecule has 0 saturated carbocycles. The number of alkyl carbamates (subject to hydrolysis) is 1. The van der Waals surface area contributed by atoms with E-state index in [0.29, 0.717) is 0 Å². The Balaban J connectivity index is 3.34. The van der Waals surface area contributed by atoms with Crippen molar-refractivity contribution in [1.82, 2.24) is 15.5 Å². The molecule has 1 fully saturated rings. The Hall–Kier alpha value is -2.93. The molecule has 0 aromatic carbocycles. The summed E-state index contributed by atoms with van der Waals surface area (Å²) in [5, 5.41) is 15.8. The minimum Gasteiger partial charge on any atom is -0.469 e. The predicted octanol–water partition coefficient (Wildman–Crippen LogP) is 1.68. The van der Waals surface area contributed by atoms with Gasteiger partial charge in [0.1, 0.15) is 17.7 Å². The highest BCUT2D eigenvalue weighted by molar-refractivity contribution is 5.92. The van der Waals surface area contributed by atoms with Crippen molar-refractivity contribution in [2.45, 2.75) is 123 Å². The van der Waals surface area contributed by atoms with Crippen LogP contribution in [0, 0.1) is 5.92 Å². The Morgan fingerprint density at radius 2 is 1.56 bits per heavy atom. The van der Waals surface area contributed by atoms with Crippen LogP contribution in [0.4, 0.5) is 4.79 Å². The van der Waals surface area contributed by atoms with Crippen LogP contribution in [0.3, 0.4) is 0 Å². The largest absolute Gasteiger partial charge is 0.469 e. The third-order valence-electron chi connectivity index (χ3n) is 6.10. The molecule has 3 N–H and O–H groups in total. The molecular formula is C28H49N3O10. The fraction of sp³-hybridized carbons (Fsp3) is 0.821. The van der Waals surface area contributed by atoms with Crippen LogP contribution < -0.4 is 10.6 Å². The van der Waals surface area contributed by atoms with Crippen molar-refractivity contribution in [3.8, 4) is 0 Å². The van der Waals surface area contributed by atoms with Gasteiger partial charge in [0.2, 0.25) is 11.8 Å². The molecule has 13 heteroatoms. The molecule has 1 saturated heterocycles. The number of methoxy groups -OCH3 is 2. The molecule has 0 aliphatic carbocycles. The Bertz CT molecular complexity index is 925. The maximum Gasteiger partial charge on any atom is 0.408 e. The smallest absolute Gasteiger partial charge is 0.408 e. The van der Waals surface area contributed by atoms with Crippen molar-refractivity contribution in [2.24, 2.45) is 5.92 Å². The van der Waals surface area contributed by atoms with Crippen LogP contribution in [0.5, 0.6) is 0 Å². The number of rotatable bonds is 12. The maximum atomic E-state index is 13.9. The molecule has 1 unspecified atom stereocenters. The van der Waals surface area contributed by atoms with E-state index in [1.54, 1.807) is 20.8 Å². The highest BCUT2D eigenvalue weighted by atomic mass is 16.6. The fourth-order valence-electron chi connectivity index (χ4n) is 4.49. The summed E-state index contributed by atoms with van der Waals surface area (Å²) in [7, 11) is 2.35. The van der Waals surface area contributed by atoms with Gasteiger partial charge in [-0.05, 0) is 60.3 Å². The Morgan fingerprint density at radius 1 is 0.951 bits per heavy atom. The topological polar surface area (TPSA) is 170 Å². The van der Waals surface area contributed by atoms with Crippen LogP contribution in [0.25, 0.3) is 0 Å². The van der Waals surface area contributed by atoms with Crippen LogP contribution in [0.1, 0.15) is 81.1 Å². The SMILES string of the molecule is COC(=O)CC[C@H](NC(=O)OC(C)(C)C)C(=O)N1C[C@H](OC(C)(C)C)C[C@H]1C(=O)N[C@@H](CC(C)C)C(O)C(=O)OC. The number of aliphatic hydroxyl groups excluding tert-OH is 1. The molecule has 236 valence electrons. The summed E-state index contributed by atoms with van der Waals surface area (Å²) in [5.74, 6) is -2.68. The van der Waals surface area contributed by atoms with Crippen LogP contribution in [-0.2, 0) is 38.1 Å². The zero-order valence-electron chi connectivity index (χ0n) is 26.1. The van der Waals surface area contributed by atoms with E-state index in [2.05, 4.69) is 15.4 Å². The van der Waals surface area contributed by atoms with Crippen molar-refractivity contribution in [2.75, 3.05) is 20.8 Å². The molecule has 13 nitrogen and oxygen atoms in total. The average Bonchev–Trinajstić information content (AvgIpc) is 3.25. The van der Waals surface area contributed by atoms with Gasteiger partial charge in [-0.15, -0.1) is 0 Å². The first-order valence-corrected chi connectivity index (χ1v) is 13.9. The lowest BCUT2D eigenvalue weighted by atomic mass is 9.98. The predicted molar refractivity (Wildman–Crippen MR) is 149 cm³/mol. The zero-order chi connectivity index (χ0) is 31.7. The Labute approximate surface area is 243 Å². The van der Waals surface area contributed by atoms with Crippen molar-refractivity contribution in [3.05, 3.63) is 0 Å². The van der Waals surface area contributed by atoms with E-state index in [1.807, 2.05) is 34.6 Å². The van der Waals surface area contributed by atoms with Gasteiger partial charge in [-0.25, -0.2) is 9.59 Å². The van der Waals surface area contributed by atoms with Gasteiger partial charge in [0, 0.05) is 19.4 Å². The second kappa shape index (κ2) is 15.3. The Morgan fingerprint density at radius 3 is 2.05 bits per heavy atom. The van der Waals surface area contributed by atoms with E-state index in [-0.39, 0.29) is 38.1 Å². The number of likely N-dealkylation sites (tertiary alicyclic amines) is 1. The number of nitrogens with one attached hydrogen (secondary N) is 2. The van der Waals surface area contributed by atoms with Gasteiger partial charge in [-0.2, -0.15) is 0 Å². The van der Waals surface area contributed by atoms with Gasteiger partial charge in [0.25, 0.3) is 0 Å². The van der Waals surface area contributed by atoms with Gasteiger partial charge >= 0.3 is 18.0 Å². The van der Waals surface area contributed by atoms with Gasteiger partial charge in [0.05, 0.1) is 32.0 Å². The molecule has 0 aromatic heterocycles. The van der Waals surface area contributed by atoms with E-state index in [1.165, 1.54) is 12.0 Å². The first-order chi connectivity index (χ1) is 18.8. The van der Waals surface area contributed by atoms with Gasteiger partial charge in [-0.3, -0.25) is 14.4 Å². The number of aliphatic hydroxyl groups is 1. The van der Waals surface area contributed by atoms with Crippen LogP contribution in [0.2, 0.25) is 0 Å². The third kappa shape index (κ3) is 12.6. The molecule has 1 aliphatic heterocycles. The normalized spacial score (nSPS) is 19.7. The molecule has 41 heavy (non-hydrogen) atoms. The quantitative estimate of drug-likeness (QED) is 0.225. The summed E-state index contributed by atoms with van der Waals surface area (Å²) in [5.41, 5.74) is -1.42. The lowest BCUT2D eigenvalue weighted by Gasteiger charge is -2.31. The summed E-state index contributed by atoms with van der Waals surface area (Å²) in [6.45, 7) is 14.3.